The first-order chi connectivity index (χ1) is 9.55. The number of nitrogens with two attached hydrogens (primary N) is 1. The number of nitrogens with zero attached hydrogens (tertiary/aromatic N) is 1. The molecule has 0 aliphatic rings. The molecule has 6 heteroatoms. The van der Waals surface area contributed by atoms with Gasteiger partial charge in [0.25, 0.3) is 0 Å². The molecule has 108 valence electrons. The topological polar surface area (TPSA) is 57.4 Å². The third-order valence-electron chi connectivity index (χ3n) is 2.97. The predicted octanol–water partition coefficient (Wildman–Crippen LogP) is 3.65. The summed E-state index contributed by atoms with van der Waals surface area (Å²) in [4.78, 5) is 4.24. The fraction of sp³-hybridized carbons (Fsp3) is 0.357. The van der Waals surface area contributed by atoms with Crippen LogP contribution in [0.2, 0.25) is 0 Å². The molecular weight excluding hydrogens is 292 g/mol. The van der Waals surface area contributed by atoms with Gasteiger partial charge < -0.3 is 15.2 Å². The molecule has 1 aromatic carbocycles. The number of ether oxygens (including phenoxy) is 2. The molecule has 20 heavy (non-hydrogen) atoms. The van der Waals surface area contributed by atoms with E-state index in [9.17, 15) is 0 Å². The van der Waals surface area contributed by atoms with E-state index in [-0.39, 0.29) is 0 Å². The van der Waals surface area contributed by atoms with Crippen LogP contribution < -0.4 is 15.2 Å². The maximum Gasteiger partial charge on any atom is 0.181 e. The lowest BCUT2D eigenvalue weighted by Gasteiger charge is -2.12. The Bertz CT molecular complexity index is 611. The lowest BCUT2D eigenvalue weighted by Crippen LogP contribution is -1.95. The lowest BCUT2D eigenvalue weighted by atomic mass is 10.1. The molecule has 0 aliphatic heterocycles. The van der Waals surface area contributed by atoms with Crippen LogP contribution in [0.25, 0.3) is 0 Å². The van der Waals surface area contributed by atoms with Crippen molar-refractivity contribution >= 4 is 28.2 Å². The number of anilines is 1. The van der Waals surface area contributed by atoms with Crippen molar-refractivity contribution in [2.45, 2.75) is 23.8 Å². The Kier molecular flexibility index (Phi) is 4.77. The molecule has 1 aromatic heterocycles. The van der Waals surface area contributed by atoms with E-state index in [1.807, 2.05) is 19.1 Å². The molecule has 1 heterocycles. The molecule has 0 bridgehead atoms. The SMILES string of the molecule is COc1cc(C)c(CSc2sc(N)nc2C)cc1OC. The molecule has 0 saturated carbocycles. The summed E-state index contributed by atoms with van der Waals surface area (Å²) in [7, 11) is 3.30. The Hall–Kier alpha value is -1.40. The summed E-state index contributed by atoms with van der Waals surface area (Å²) in [6.45, 7) is 4.06. The smallest absolute Gasteiger partial charge is 0.181 e. The molecule has 0 atom stereocenters. The minimum absolute atomic E-state index is 0.619. The average molecular weight is 310 g/mol. The van der Waals surface area contributed by atoms with Crippen molar-refractivity contribution < 1.29 is 9.47 Å². The third kappa shape index (κ3) is 3.19. The van der Waals surface area contributed by atoms with Crippen LogP contribution in [-0.2, 0) is 5.75 Å². The van der Waals surface area contributed by atoms with Crippen LogP contribution in [-0.4, -0.2) is 19.2 Å². The minimum Gasteiger partial charge on any atom is -0.493 e. The first-order valence-electron chi connectivity index (χ1n) is 6.12. The van der Waals surface area contributed by atoms with E-state index < -0.39 is 0 Å². The number of benzene rings is 1. The number of methoxy groups -OCH3 is 2. The van der Waals surface area contributed by atoms with Gasteiger partial charge in [0.1, 0.15) is 0 Å². The van der Waals surface area contributed by atoms with Gasteiger partial charge in [-0.3, -0.25) is 0 Å². The summed E-state index contributed by atoms with van der Waals surface area (Å²) in [5, 5.41) is 0.619. The van der Waals surface area contributed by atoms with Crippen molar-refractivity contribution in [3.63, 3.8) is 0 Å². The Balaban J connectivity index is 2.19. The summed E-state index contributed by atoms with van der Waals surface area (Å²) in [6.07, 6.45) is 0. The van der Waals surface area contributed by atoms with E-state index >= 15 is 0 Å². The normalized spacial score (nSPS) is 10.6. The Morgan fingerprint density at radius 2 is 1.85 bits per heavy atom. The molecule has 0 fully saturated rings. The van der Waals surface area contributed by atoms with Gasteiger partial charge in [0.05, 0.1) is 24.1 Å². The predicted molar refractivity (Wildman–Crippen MR) is 85.1 cm³/mol. The minimum atomic E-state index is 0.619. The van der Waals surface area contributed by atoms with Gasteiger partial charge in [0.2, 0.25) is 0 Å². The molecule has 2 aromatic rings. The average Bonchev–Trinajstić information content (AvgIpc) is 2.75. The second-order valence-corrected chi connectivity index (χ2v) is 6.62. The number of rotatable bonds is 5. The highest BCUT2D eigenvalue weighted by Gasteiger charge is 2.11. The Labute approximate surface area is 127 Å². The molecule has 0 saturated heterocycles. The van der Waals surface area contributed by atoms with Gasteiger partial charge in [-0.1, -0.05) is 11.3 Å². The van der Waals surface area contributed by atoms with Gasteiger partial charge in [-0.25, -0.2) is 4.98 Å². The summed E-state index contributed by atoms with van der Waals surface area (Å²) in [5.41, 5.74) is 9.12. The van der Waals surface area contributed by atoms with E-state index in [1.54, 1.807) is 26.0 Å². The van der Waals surface area contributed by atoms with Crippen LogP contribution in [0.1, 0.15) is 16.8 Å². The third-order valence-corrected chi connectivity index (χ3v) is 5.37. The molecule has 0 spiro atoms. The molecule has 4 nitrogen and oxygen atoms in total. The number of aromatic nitrogens is 1. The number of hydrogen-bond donors (Lipinski definition) is 1. The fourth-order valence-corrected chi connectivity index (χ4v) is 3.94. The second-order valence-electron chi connectivity index (χ2n) is 4.35. The highest BCUT2D eigenvalue weighted by Crippen LogP contribution is 2.36. The van der Waals surface area contributed by atoms with Gasteiger partial charge >= 0.3 is 0 Å². The van der Waals surface area contributed by atoms with Crippen LogP contribution >= 0.6 is 23.1 Å². The summed E-state index contributed by atoms with van der Waals surface area (Å²) < 4.78 is 11.8. The summed E-state index contributed by atoms with van der Waals surface area (Å²) in [5.74, 6) is 2.38. The van der Waals surface area contributed by atoms with E-state index in [0.717, 1.165) is 27.2 Å². The number of thiazole rings is 1. The quantitative estimate of drug-likeness (QED) is 0.854. The van der Waals surface area contributed by atoms with E-state index in [4.69, 9.17) is 15.2 Å². The van der Waals surface area contributed by atoms with Crippen LogP contribution in [0, 0.1) is 13.8 Å². The summed E-state index contributed by atoms with van der Waals surface area (Å²) in [6, 6.07) is 4.03. The van der Waals surface area contributed by atoms with Crippen molar-refractivity contribution in [1.82, 2.24) is 4.98 Å². The van der Waals surface area contributed by atoms with Gasteiger partial charge in [0, 0.05) is 5.75 Å². The van der Waals surface area contributed by atoms with Crippen molar-refractivity contribution in [1.29, 1.82) is 0 Å². The zero-order valence-corrected chi connectivity index (χ0v) is 13.7. The fourth-order valence-electron chi connectivity index (χ4n) is 1.86. The van der Waals surface area contributed by atoms with Crippen molar-refractivity contribution in [3.05, 3.63) is 29.0 Å². The molecule has 0 amide bonds. The number of thioether (sulfide) groups is 1. The standard InChI is InChI=1S/C14H18N2O2S2/c1-8-5-11(17-3)12(18-4)6-10(8)7-19-13-9(2)16-14(15)20-13/h5-6H,7H2,1-4H3,(H2,15,16). The van der Waals surface area contributed by atoms with Gasteiger partial charge in [-0.2, -0.15) is 0 Å². The first kappa shape index (κ1) is 15.0. The van der Waals surface area contributed by atoms with Gasteiger partial charge in [-0.15, -0.1) is 11.8 Å². The highest BCUT2D eigenvalue weighted by molar-refractivity contribution is 8.00. The maximum atomic E-state index is 5.72. The first-order valence-corrected chi connectivity index (χ1v) is 7.92. The molecule has 2 rings (SSSR count). The Morgan fingerprint density at radius 1 is 1.20 bits per heavy atom. The number of hydrogen-bond acceptors (Lipinski definition) is 6. The monoisotopic (exact) mass is 310 g/mol. The Morgan fingerprint density at radius 3 is 2.40 bits per heavy atom. The molecule has 0 aliphatic carbocycles. The van der Waals surface area contributed by atoms with E-state index in [0.29, 0.717) is 5.13 Å². The highest BCUT2D eigenvalue weighted by atomic mass is 32.2. The van der Waals surface area contributed by atoms with Crippen LogP contribution in [0.5, 0.6) is 11.5 Å². The van der Waals surface area contributed by atoms with Crippen LogP contribution in [0.3, 0.4) is 0 Å². The lowest BCUT2D eigenvalue weighted by molar-refractivity contribution is 0.354. The largest absolute Gasteiger partial charge is 0.493 e. The van der Waals surface area contributed by atoms with Crippen LogP contribution in [0.4, 0.5) is 5.13 Å². The van der Waals surface area contributed by atoms with Crippen LogP contribution in [0.15, 0.2) is 16.3 Å². The molecule has 2 N–H and O–H groups in total. The summed E-state index contributed by atoms with van der Waals surface area (Å²) >= 11 is 3.28. The zero-order valence-electron chi connectivity index (χ0n) is 12.0. The second kappa shape index (κ2) is 6.37. The zero-order chi connectivity index (χ0) is 14.7. The van der Waals surface area contributed by atoms with Gasteiger partial charge in [-0.05, 0) is 37.1 Å². The van der Waals surface area contributed by atoms with Crippen molar-refractivity contribution in [2.24, 2.45) is 0 Å². The van der Waals surface area contributed by atoms with E-state index in [1.165, 1.54) is 22.5 Å². The molecular formula is C14H18N2O2S2. The van der Waals surface area contributed by atoms with Crippen molar-refractivity contribution in [3.8, 4) is 11.5 Å². The maximum absolute atomic E-state index is 5.72. The number of aryl methyl sites for hydroxylation is 2. The molecule has 0 unspecified atom stereocenters. The van der Waals surface area contributed by atoms with Gasteiger partial charge in [0.15, 0.2) is 16.6 Å². The van der Waals surface area contributed by atoms with Crippen molar-refractivity contribution in [2.75, 3.05) is 20.0 Å². The molecule has 0 radical (unpaired) electrons. The van der Waals surface area contributed by atoms with E-state index in [2.05, 4.69) is 11.9 Å². The number of nitrogen functional groups attached to an aromatic ring is 1.